The van der Waals surface area contributed by atoms with E-state index in [1.165, 1.54) is 16.2 Å². The van der Waals surface area contributed by atoms with Gasteiger partial charge in [0.2, 0.25) is 0 Å². The van der Waals surface area contributed by atoms with Crippen molar-refractivity contribution >= 4 is 11.6 Å². The second-order valence-electron chi connectivity index (χ2n) is 7.58. The van der Waals surface area contributed by atoms with Gasteiger partial charge in [0.1, 0.15) is 18.1 Å². The van der Waals surface area contributed by atoms with E-state index < -0.39 is 0 Å². The second kappa shape index (κ2) is 10.2. The van der Waals surface area contributed by atoms with Crippen molar-refractivity contribution in [3.05, 3.63) is 53.6 Å². The summed E-state index contributed by atoms with van der Waals surface area (Å²) in [5.41, 5.74) is 3.52. The summed E-state index contributed by atoms with van der Waals surface area (Å²) in [4.78, 5) is 15.9. The number of hydrogen-bond acceptors (Lipinski definition) is 4. The summed E-state index contributed by atoms with van der Waals surface area (Å²) in [6, 6.07) is 14.3. The lowest BCUT2D eigenvalue weighted by atomic mass is 10.1. The first-order chi connectivity index (χ1) is 14.0. The Morgan fingerprint density at radius 1 is 1.14 bits per heavy atom. The van der Waals surface area contributed by atoms with Crippen LogP contribution in [0.1, 0.15) is 11.1 Å². The molecule has 1 aliphatic heterocycles. The van der Waals surface area contributed by atoms with Gasteiger partial charge < -0.3 is 24.6 Å². The SMILES string of the molecule is COc1cccc(N2CC[NH+](CC(=O)NCCOc3ccc(C)cc3C)CC2)c1. The molecule has 0 saturated carbocycles. The number of anilines is 1. The number of nitrogens with one attached hydrogen (secondary N) is 2. The Labute approximate surface area is 173 Å². The van der Waals surface area contributed by atoms with E-state index in [0.29, 0.717) is 19.7 Å². The number of nitrogens with zero attached hydrogens (tertiary/aromatic N) is 1. The molecule has 6 nitrogen and oxygen atoms in total. The first-order valence-corrected chi connectivity index (χ1v) is 10.2. The minimum Gasteiger partial charge on any atom is -0.497 e. The van der Waals surface area contributed by atoms with E-state index in [2.05, 4.69) is 35.3 Å². The summed E-state index contributed by atoms with van der Waals surface area (Å²) < 4.78 is 11.1. The monoisotopic (exact) mass is 398 g/mol. The predicted molar refractivity (Wildman–Crippen MR) is 115 cm³/mol. The van der Waals surface area contributed by atoms with Crippen LogP contribution < -0.4 is 24.6 Å². The van der Waals surface area contributed by atoms with E-state index in [0.717, 1.165) is 43.2 Å². The van der Waals surface area contributed by atoms with Crippen LogP contribution in [0, 0.1) is 13.8 Å². The molecule has 0 aromatic heterocycles. The summed E-state index contributed by atoms with van der Waals surface area (Å²) in [6.45, 7) is 9.38. The highest BCUT2D eigenvalue weighted by molar-refractivity contribution is 5.76. The lowest BCUT2D eigenvalue weighted by Gasteiger charge is -2.33. The maximum atomic E-state index is 12.3. The van der Waals surface area contributed by atoms with Crippen LogP contribution in [-0.2, 0) is 4.79 Å². The number of methoxy groups -OCH3 is 1. The van der Waals surface area contributed by atoms with Crippen molar-refractivity contribution in [2.24, 2.45) is 0 Å². The molecule has 0 aliphatic carbocycles. The van der Waals surface area contributed by atoms with Crippen LogP contribution in [0.25, 0.3) is 0 Å². The zero-order valence-corrected chi connectivity index (χ0v) is 17.7. The van der Waals surface area contributed by atoms with Crippen LogP contribution >= 0.6 is 0 Å². The molecule has 0 unspecified atom stereocenters. The molecule has 3 rings (SSSR count). The molecular weight excluding hydrogens is 366 g/mol. The second-order valence-corrected chi connectivity index (χ2v) is 7.58. The zero-order chi connectivity index (χ0) is 20.6. The fourth-order valence-electron chi connectivity index (χ4n) is 3.67. The maximum absolute atomic E-state index is 12.3. The molecule has 1 heterocycles. The predicted octanol–water partition coefficient (Wildman–Crippen LogP) is 1.21. The number of ether oxygens (including phenoxy) is 2. The van der Waals surface area contributed by atoms with Gasteiger partial charge in [0, 0.05) is 11.8 Å². The highest BCUT2D eigenvalue weighted by Gasteiger charge is 2.22. The first-order valence-electron chi connectivity index (χ1n) is 10.2. The molecule has 2 aromatic carbocycles. The number of benzene rings is 2. The van der Waals surface area contributed by atoms with Crippen molar-refractivity contribution in [2.75, 3.05) is 57.9 Å². The largest absolute Gasteiger partial charge is 0.497 e. The van der Waals surface area contributed by atoms with Gasteiger partial charge in [0.15, 0.2) is 6.54 Å². The van der Waals surface area contributed by atoms with Crippen molar-refractivity contribution < 1.29 is 19.2 Å². The van der Waals surface area contributed by atoms with Crippen LogP contribution in [0.3, 0.4) is 0 Å². The van der Waals surface area contributed by atoms with E-state index in [1.54, 1.807) is 7.11 Å². The fraction of sp³-hybridized carbons (Fsp3) is 0.435. The fourth-order valence-corrected chi connectivity index (χ4v) is 3.67. The highest BCUT2D eigenvalue weighted by Crippen LogP contribution is 2.20. The summed E-state index contributed by atoms with van der Waals surface area (Å²) in [6.07, 6.45) is 0. The number of rotatable bonds is 8. The maximum Gasteiger partial charge on any atom is 0.275 e. The quantitative estimate of drug-likeness (QED) is 0.657. The zero-order valence-electron chi connectivity index (χ0n) is 17.7. The topological polar surface area (TPSA) is 55.2 Å². The number of carbonyl (C=O) groups is 1. The van der Waals surface area contributed by atoms with Gasteiger partial charge in [-0.1, -0.05) is 23.8 Å². The first kappa shape index (κ1) is 21.0. The lowest BCUT2D eigenvalue weighted by molar-refractivity contribution is -0.892. The molecule has 1 aliphatic rings. The number of carbonyl (C=O) groups excluding carboxylic acids is 1. The van der Waals surface area contributed by atoms with Crippen LogP contribution in [0.15, 0.2) is 42.5 Å². The molecule has 156 valence electrons. The van der Waals surface area contributed by atoms with Gasteiger partial charge in [-0.05, 0) is 37.6 Å². The molecule has 0 bridgehead atoms. The molecule has 29 heavy (non-hydrogen) atoms. The Hall–Kier alpha value is -2.73. The minimum atomic E-state index is 0.0825. The molecule has 6 heteroatoms. The Morgan fingerprint density at radius 3 is 2.66 bits per heavy atom. The molecule has 2 N–H and O–H groups in total. The van der Waals surface area contributed by atoms with Gasteiger partial charge in [0.05, 0.1) is 39.8 Å². The number of aryl methyl sites for hydroxylation is 2. The van der Waals surface area contributed by atoms with Crippen LogP contribution in [0.4, 0.5) is 5.69 Å². The van der Waals surface area contributed by atoms with Crippen molar-refractivity contribution in [3.8, 4) is 11.5 Å². The smallest absolute Gasteiger partial charge is 0.275 e. The Kier molecular flexibility index (Phi) is 7.36. The molecule has 1 amide bonds. The third kappa shape index (κ3) is 6.12. The van der Waals surface area contributed by atoms with E-state index in [9.17, 15) is 4.79 Å². The average Bonchev–Trinajstić information content (AvgIpc) is 2.73. The standard InChI is InChI=1S/C23H31N3O3/c1-18-7-8-22(19(2)15-18)29-14-9-24-23(27)17-25-10-12-26(13-11-25)20-5-4-6-21(16-20)28-3/h4-8,15-16H,9-14,17H2,1-3H3,(H,24,27)/p+1. The molecule has 1 fully saturated rings. The Morgan fingerprint density at radius 2 is 1.93 bits per heavy atom. The van der Waals surface area contributed by atoms with Crippen molar-refractivity contribution in [1.82, 2.24) is 5.32 Å². The summed E-state index contributed by atoms with van der Waals surface area (Å²) in [5, 5.41) is 2.97. The van der Waals surface area contributed by atoms with E-state index in [4.69, 9.17) is 9.47 Å². The van der Waals surface area contributed by atoms with Gasteiger partial charge in [-0.15, -0.1) is 0 Å². The summed E-state index contributed by atoms with van der Waals surface area (Å²) >= 11 is 0. The minimum absolute atomic E-state index is 0.0825. The normalized spacial score (nSPS) is 14.5. The van der Waals surface area contributed by atoms with Gasteiger partial charge >= 0.3 is 0 Å². The van der Waals surface area contributed by atoms with Gasteiger partial charge in [-0.25, -0.2) is 0 Å². The lowest BCUT2D eigenvalue weighted by Crippen LogP contribution is -3.16. The van der Waals surface area contributed by atoms with E-state index in [-0.39, 0.29) is 5.91 Å². The molecule has 0 spiro atoms. The van der Waals surface area contributed by atoms with Crippen LogP contribution in [0.2, 0.25) is 0 Å². The van der Waals surface area contributed by atoms with E-state index >= 15 is 0 Å². The number of quaternary nitrogens is 1. The molecule has 2 aromatic rings. The van der Waals surface area contributed by atoms with E-state index in [1.807, 2.05) is 31.2 Å². The number of amides is 1. The van der Waals surface area contributed by atoms with Crippen molar-refractivity contribution in [2.45, 2.75) is 13.8 Å². The van der Waals surface area contributed by atoms with Crippen molar-refractivity contribution in [3.63, 3.8) is 0 Å². The molecular formula is C23H32N3O3+. The van der Waals surface area contributed by atoms with Gasteiger partial charge in [0.25, 0.3) is 5.91 Å². The van der Waals surface area contributed by atoms with Crippen molar-refractivity contribution in [1.29, 1.82) is 0 Å². The third-order valence-corrected chi connectivity index (χ3v) is 5.31. The average molecular weight is 399 g/mol. The Bertz CT molecular complexity index is 817. The van der Waals surface area contributed by atoms with Gasteiger partial charge in [-0.3, -0.25) is 4.79 Å². The van der Waals surface area contributed by atoms with Crippen LogP contribution in [0.5, 0.6) is 11.5 Å². The number of piperazine rings is 1. The van der Waals surface area contributed by atoms with Crippen LogP contribution in [-0.4, -0.2) is 58.9 Å². The molecule has 0 atom stereocenters. The number of hydrogen-bond donors (Lipinski definition) is 2. The van der Waals surface area contributed by atoms with Gasteiger partial charge in [-0.2, -0.15) is 0 Å². The highest BCUT2D eigenvalue weighted by atomic mass is 16.5. The Balaban J connectivity index is 1.35. The summed E-state index contributed by atoms with van der Waals surface area (Å²) in [7, 11) is 1.69. The molecule has 0 radical (unpaired) electrons. The molecule has 1 saturated heterocycles. The summed E-state index contributed by atoms with van der Waals surface area (Å²) in [5.74, 6) is 1.84. The third-order valence-electron chi connectivity index (χ3n) is 5.31.